The third-order valence-corrected chi connectivity index (χ3v) is 4.26. The van der Waals surface area contributed by atoms with Crippen molar-refractivity contribution >= 4 is 18.0 Å². The first kappa shape index (κ1) is 22.0. The van der Waals surface area contributed by atoms with Crippen LogP contribution < -0.4 is 5.32 Å². The van der Waals surface area contributed by atoms with Crippen molar-refractivity contribution in [3.63, 3.8) is 0 Å². The van der Waals surface area contributed by atoms with Gasteiger partial charge in [-0.25, -0.2) is 4.79 Å². The fraction of sp³-hybridized carbons (Fsp3) is 0.500. The minimum Gasteiger partial charge on any atom is -0.459 e. The summed E-state index contributed by atoms with van der Waals surface area (Å²) in [4.78, 5) is 37.7. The van der Waals surface area contributed by atoms with Crippen LogP contribution in [0, 0.1) is 0 Å². The molecule has 5 atom stereocenters. The molecule has 0 heterocycles. The Bertz CT molecular complexity index is 782. The summed E-state index contributed by atoms with van der Waals surface area (Å²) in [6.07, 6.45) is -4.84. The standard InChI is InChI=1S/C18H22N4O7/c1-10(23)28-16-13(20-18(26)27-9-12-6-4-3-5-7-12)8-14(21-22-19)17(15(16)25)29-11(2)24/h3-7,13-17,25H,8-9H2,1-2H3,(H,20,26)/t13-,14+,15-,16+,17-/m0/s1. The van der Waals surface area contributed by atoms with Crippen LogP contribution in [0.1, 0.15) is 25.8 Å². The highest BCUT2D eigenvalue weighted by Crippen LogP contribution is 2.28. The van der Waals surface area contributed by atoms with Gasteiger partial charge < -0.3 is 24.6 Å². The maximum atomic E-state index is 12.2. The maximum Gasteiger partial charge on any atom is 0.407 e. The van der Waals surface area contributed by atoms with E-state index in [1.54, 1.807) is 24.3 Å². The molecule has 11 heteroatoms. The molecular weight excluding hydrogens is 384 g/mol. The number of aliphatic hydroxyl groups excluding tert-OH is 1. The number of amides is 1. The van der Waals surface area contributed by atoms with E-state index in [4.69, 9.17) is 19.7 Å². The lowest BCUT2D eigenvalue weighted by atomic mass is 9.84. The minimum atomic E-state index is -1.52. The molecule has 2 rings (SSSR count). The van der Waals surface area contributed by atoms with Gasteiger partial charge in [-0.15, -0.1) is 0 Å². The molecule has 11 nitrogen and oxygen atoms in total. The third-order valence-electron chi connectivity index (χ3n) is 4.26. The number of hydrogen-bond acceptors (Lipinski definition) is 8. The molecule has 29 heavy (non-hydrogen) atoms. The highest BCUT2D eigenvalue weighted by molar-refractivity contribution is 5.69. The van der Waals surface area contributed by atoms with Gasteiger partial charge in [0.2, 0.25) is 0 Å². The first-order chi connectivity index (χ1) is 13.8. The van der Waals surface area contributed by atoms with Crippen LogP contribution in [0.15, 0.2) is 35.4 Å². The first-order valence-electron chi connectivity index (χ1n) is 8.85. The molecule has 1 amide bonds. The van der Waals surface area contributed by atoms with Crippen molar-refractivity contribution in [3.8, 4) is 0 Å². The van der Waals surface area contributed by atoms with E-state index in [9.17, 15) is 19.5 Å². The monoisotopic (exact) mass is 406 g/mol. The Morgan fingerprint density at radius 2 is 1.79 bits per heavy atom. The van der Waals surface area contributed by atoms with E-state index in [1.807, 2.05) is 6.07 Å². The van der Waals surface area contributed by atoms with Gasteiger partial charge in [0.15, 0.2) is 6.10 Å². The van der Waals surface area contributed by atoms with E-state index < -0.39 is 48.4 Å². The minimum absolute atomic E-state index is 0.00995. The second-order valence-electron chi connectivity index (χ2n) is 6.46. The van der Waals surface area contributed by atoms with Crippen molar-refractivity contribution < 1.29 is 33.7 Å². The van der Waals surface area contributed by atoms with Crippen LogP contribution in [0.4, 0.5) is 4.79 Å². The highest BCUT2D eigenvalue weighted by Gasteiger charge is 2.48. The predicted molar refractivity (Wildman–Crippen MR) is 98.2 cm³/mol. The number of benzene rings is 1. The lowest BCUT2D eigenvalue weighted by Gasteiger charge is -2.41. The second-order valence-corrected chi connectivity index (χ2v) is 6.46. The lowest BCUT2D eigenvalue weighted by molar-refractivity contribution is -0.180. The number of carbonyl (C=O) groups is 3. The quantitative estimate of drug-likeness (QED) is 0.238. The summed E-state index contributed by atoms with van der Waals surface area (Å²) in [5.41, 5.74) is 9.55. The Morgan fingerprint density at radius 3 is 2.38 bits per heavy atom. The Hall–Kier alpha value is -3.30. The van der Waals surface area contributed by atoms with E-state index in [0.29, 0.717) is 0 Å². The molecule has 1 fully saturated rings. The molecule has 0 saturated heterocycles. The molecule has 0 unspecified atom stereocenters. The topological polar surface area (TPSA) is 160 Å². The number of carbonyl (C=O) groups excluding carboxylic acids is 3. The van der Waals surface area contributed by atoms with Crippen LogP contribution in [0.2, 0.25) is 0 Å². The molecule has 0 bridgehead atoms. The van der Waals surface area contributed by atoms with Gasteiger partial charge in [-0.3, -0.25) is 9.59 Å². The van der Waals surface area contributed by atoms with Crippen molar-refractivity contribution in [3.05, 3.63) is 46.3 Å². The third kappa shape index (κ3) is 6.37. The molecule has 1 aliphatic carbocycles. The molecule has 0 spiro atoms. The zero-order valence-corrected chi connectivity index (χ0v) is 15.9. The number of nitrogens with one attached hydrogen (secondary N) is 1. The van der Waals surface area contributed by atoms with Gasteiger partial charge in [-0.05, 0) is 17.5 Å². The van der Waals surface area contributed by atoms with Gasteiger partial charge in [0.05, 0.1) is 12.1 Å². The first-order valence-corrected chi connectivity index (χ1v) is 8.85. The fourth-order valence-corrected chi connectivity index (χ4v) is 3.10. The van der Waals surface area contributed by atoms with E-state index in [1.165, 1.54) is 0 Å². The Balaban J connectivity index is 2.13. The average Bonchev–Trinajstić information content (AvgIpc) is 2.67. The van der Waals surface area contributed by atoms with Crippen LogP contribution >= 0.6 is 0 Å². The van der Waals surface area contributed by atoms with E-state index >= 15 is 0 Å². The van der Waals surface area contributed by atoms with Crippen LogP contribution in [-0.2, 0) is 30.4 Å². The fourth-order valence-electron chi connectivity index (χ4n) is 3.10. The number of rotatable bonds is 6. The van der Waals surface area contributed by atoms with Crippen molar-refractivity contribution in [1.82, 2.24) is 5.32 Å². The Labute approximate surface area is 166 Å². The molecular formula is C18H22N4O7. The average molecular weight is 406 g/mol. The summed E-state index contributed by atoms with van der Waals surface area (Å²) in [7, 11) is 0. The number of hydrogen-bond donors (Lipinski definition) is 2. The largest absolute Gasteiger partial charge is 0.459 e. The smallest absolute Gasteiger partial charge is 0.407 e. The molecule has 1 aromatic rings. The molecule has 2 N–H and O–H groups in total. The van der Waals surface area contributed by atoms with Crippen molar-refractivity contribution in [1.29, 1.82) is 0 Å². The summed E-state index contributed by atoms with van der Waals surface area (Å²) in [5.74, 6) is -1.41. The summed E-state index contributed by atoms with van der Waals surface area (Å²) in [5, 5.41) is 16.6. The van der Waals surface area contributed by atoms with Crippen LogP contribution in [0.3, 0.4) is 0 Å². The van der Waals surface area contributed by atoms with Crippen LogP contribution in [-0.4, -0.2) is 53.5 Å². The second kappa shape index (κ2) is 10.3. The van der Waals surface area contributed by atoms with E-state index in [-0.39, 0.29) is 13.0 Å². The molecule has 0 radical (unpaired) electrons. The van der Waals surface area contributed by atoms with E-state index in [0.717, 1.165) is 19.4 Å². The van der Waals surface area contributed by atoms with Gasteiger partial charge in [0.1, 0.15) is 18.8 Å². The summed E-state index contributed by atoms with van der Waals surface area (Å²) >= 11 is 0. The lowest BCUT2D eigenvalue weighted by Crippen LogP contribution is -2.62. The summed E-state index contributed by atoms with van der Waals surface area (Å²) < 4.78 is 15.3. The SMILES string of the molecule is CC(=O)O[C@@H]1[C@@H](O)[C@H](OC(C)=O)[C@@H](NC(=O)OCc2ccccc2)C[C@H]1N=[N+]=[N-]. The van der Waals surface area contributed by atoms with Gasteiger partial charge >= 0.3 is 18.0 Å². The van der Waals surface area contributed by atoms with E-state index in [2.05, 4.69) is 15.3 Å². The number of azide groups is 1. The van der Waals surface area contributed by atoms with Crippen LogP contribution in [0.5, 0.6) is 0 Å². The predicted octanol–water partition coefficient (Wildman–Crippen LogP) is 1.59. The Morgan fingerprint density at radius 1 is 1.17 bits per heavy atom. The molecule has 1 aliphatic rings. The van der Waals surface area contributed by atoms with Crippen molar-refractivity contribution in [2.45, 2.75) is 57.3 Å². The van der Waals surface area contributed by atoms with Crippen molar-refractivity contribution in [2.24, 2.45) is 5.11 Å². The number of alkyl carbamates (subject to hydrolysis) is 1. The summed E-state index contributed by atoms with van der Waals surface area (Å²) in [6, 6.07) is 7.06. The number of ether oxygens (including phenoxy) is 3. The molecule has 1 saturated carbocycles. The van der Waals surface area contributed by atoms with Crippen molar-refractivity contribution in [2.75, 3.05) is 0 Å². The number of nitrogens with zero attached hydrogens (tertiary/aromatic N) is 3. The van der Waals surface area contributed by atoms with Gasteiger partial charge in [0, 0.05) is 18.8 Å². The molecule has 156 valence electrons. The van der Waals surface area contributed by atoms with Gasteiger partial charge in [0.25, 0.3) is 0 Å². The number of aliphatic hydroxyl groups is 1. The zero-order valence-electron chi connectivity index (χ0n) is 15.9. The van der Waals surface area contributed by atoms with Gasteiger partial charge in [-0.2, -0.15) is 0 Å². The molecule has 1 aromatic carbocycles. The molecule has 0 aliphatic heterocycles. The van der Waals surface area contributed by atoms with Crippen LogP contribution in [0.25, 0.3) is 10.4 Å². The highest BCUT2D eigenvalue weighted by atomic mass is 16.6. The number of esters is 2. The molecule has 0 aromatic heterocycles. The Kier molecular flexibility index (Phi) is 7.81. The summed E-state index contributed by atoms with van der Waals surface area (Å²) in [6.45, 7) is 2.28. The normalized spacial score (nSPS) is 25.8. The zero-order chi connectivity index (χ0) is 21.4. The maximum absolute atomic E-state index is 12.2. The van der Waals surface area contributed by atoms with Gasteiger partial charge in [-0.1, -0.05) is 35.4 Å².